The van der Waals surface area contributed by atoms with Crippen molar-refractivity contribution in [2.24, 2.45) is 10.7 Å². The molecular formula is C18H19N3O. The standard InChI is InChI=1S/C18H19N3O/c1-20-18(22)15-4-2-3-14(11-15)13-5-7-17(8-6-13)21-10-9-16(19)12-21/h2-8,11,16H,1,9-10,12,19H2/t16-/m0/s1. The highest BCUT2D eigenvalue weighted by Gasteiger charge is 2.19. The molecule has 1 aliphatic heterocycles. The van der Waals surface area contributed by atoms with Gasteiger partial charge in [0.25, 0.3) is 5.91 Å². The molecule has 22 heavy (non-hydrogen) atoms. The van der Waals surface area contributed by atoms with E-state index in [1.54, 1.807) is 6.07 Å². The Morgan fingerprint density at radius 1 is 1.18 bits per heavy atom. The minimum Gasteiger partial charge on any atom is -0.370 e. The van der Waals surface area contributed by atoms with Crippen LogP contribution in [0.1, 0.15) is 16.8 Å². The predicted molar refractivity (Wildman–Crippen MR) is 90.6 cm³/mol. The zero-order valence-corrected chi connectivity index (χ0v) is 12.4. The van der Waals surface area contributed by atoms with Crippen LogP contribution in [0.2, 0.25) is 0 Å². The fourth-order valence-electron chi connectivity index (χ4n) is 2.81. The number of amides is 1. The number of hydrogen-bond acceptors (Lipinski definition) is 3. The Labute approximate surface area is 130 Å². The van der Waals surface area contributed by atoms with Crippen molar-refractivity contribution in [3.05, 3.63) is 54.1 Å². The monoisotopic (exact) mass is 293 g/mol. The predicted octanol–water partition coefficient (Wildman–Crippen LogP) is 2.73. The lowest BCUT2D eigenvalue weighted by Crippen LogP contribution is -2.26. The second-order valence-electron chi connectivity index (χ2n) is 5.59. The van der Waals surface area contributed by atoms with Crippen LogP contribution >= 0.6 is 0 Å². The molecule has 2 aromatic rings. The van der Waals surface area contributed by atoms with E-state index < -0.39 is 0 Å². The van der Waals surface area contributed by atoms with Gasteiger partial charge in [-0.2, -0.15) is 0 Å². The zero-order chi connectivity index (χ0) is 15.5. The minimum atomic E-state index is -0.301. The number of anilines is 1. The molecule has 112 valence electrons. The van der Waals surface area contributed by atoms with Crippen molar-refractivity contribution in [1.29, 1.82) is 0 Å². The van der Waals surface area contributed by atoms with Crippen LogP contribution in [0.25, 0.3) is 11.1 Å². The van der Waals surface area contributed by atoms with E-state index >= 15 is 0 Å². The quantitative estimate of drug-likeness (QED) is 0.885. The van der Waals surface area contributed by atoms with E-state index in [1.807, 2.05) is 18.2 Å². The fraction of sp³-hybridized carbons (Fsp3) is 0.222. The Bertz CT molecular complexity index is 694. The summed E-state index contributed by atoms with van der Waals surface area (Å²) < 4.78 is 0. The van der Waals surface area contributed by atoms with Crippen LogP contribution in [0.5, 0.6) is 0 Å². The SMILES string of the molecule is C=NC(=O)c1cccc(-c2ccc(N3CC[C@H](N)C3)cc2)c1. The summed E-state index contributed by atoms with van der Waals surface area (Å²) in [6.07, 6.45) is 1.04. The number of carbonyl (C=O) groups excluding carboxylic acids is 1. The lowest BCUT2D eigenvalue weighted by molar-refractivity contribution is 0.100. The van der Waals surface area contributed by atoms with Crippen LogP contribution < -0.4 is 10.6 Å². The molecule has 0 radical (unpaired) electrons. The van der Waals surface area contributed by atoms with E-state index in [0.717, 1.165) is 30.6 Å². The first kappa shape index (κ1) is 14.5. The molecule has 0 aromatic heterocycles. The van der Waals surface area contributed by atoms with Gasteiger partial charge in [0.05, 0.1) is 0 Å². The number of hydrogen-bond donors (Lipinski definition) is 1. The third-order valence-corrected chi connectivity index (χ3v) is 4.04. The molecule has 1 heterocycles. The summed E-state index contributed by atoms with van der Waals surface area (Å²) in [6.45, 7) is 5.21. The average molecular weight is 293 g/mol. The van der Waals surface area contributed by atoms with E-state index in [4.69, 9.17) is 5.73 Å². The molecule has 1 atom stereocenters. The van der Waals surface area contributed by atoms with Gasteiger partial charge in [-0.25, -0.2) is 4.99 Å². The van der Waals surface area contributed by atoms with E-state index in [1.165, 1.54) is 5.69 Å². The lowest BCUT2D eigenvalue weighted by atomic mass is 10.0. The van der Waals surface area contributed by atoms with Crippen molar-refractivity contribution in [2.75, 3.05) is 18.0 Å². The maximum Gasteiger partial charge on any atom is 0.276 e. The Morgan fingerprint density at radius 3 is 2.59 bits per heavy atom. The van der Waals surface area contributed by atoms with Crippen molar-refractivity contribution >= 4 is 18.3 Å². The molecule has 1 amide bonds. The van der Waals surface area contributed by atoms with Gasteiger partial charge < -0.3 is 10.6 Å². The molecule has 4 nitrogen and oxygen atoms in total. The van der Waals surface area contributed by atoms with Gasteiger partial charge in [-0.1, -0.05) is 24.3 Å². The molecule has 3 rings (SSSR count). The number of rotatable bonds is 3. The Morgan fingerprint density at radius 2 is 1.95 bits per heavy atom. The molecule has 2 aromatic carbocycles. The number of nitrogens with zero attached hydrogens (tertiary/aromatic N) is 2. The van der Waals surface area contributed by atoms with Crippen molar-refractivity contribution in [1.82, 2.24) is 0 Å². The lowest BCUT2D eigenvalue weighted by Gasteiger charge is -2.18. The third kappa shape index (κ3) is 2.92. The molecule has 0 saturated carbocycles. The molecule has 0 bridgehead atoms. The van der Waals surface area contributed by atoms with Crippen molar-refractivity contribution in [3.63, 3.8) is 0 Å². The topological polar surface area (TPSA) is 58.7 Å². The van der Waals surface area contributed by atoms with Crippen LogP contribution in [0.4, 0.5) is 5.69 Å². The van der Waals surface area contributed by atoms with Gasteiger partial charge in [0.15, 0.2) is 0 Å². The third-order valence-electron chi connectivity index (χ3n) is 4.04. The number of carbonyl (C=O) groups is 1. The second kappa shape index (κ2) is 6.12. The van der Waals surface area contributed by atoms with Gasteiger partial charge in [-0.15, -0.1) is 0 Å². The zero-order valence-electron chi connectivity index (χ0n) is 12.4. The van der Waals surface area contributed by atoms with Crippen LogP contribution in [-0.2, 0) is 0 Å². The number of nitrogens with two attached hydrogens (primary N) is 1. The molecule has 0 spiro atoms. The summed E-state index contributed by atoms with van der Waals surface area (Å²) in [5.41, 5.74) is 9.78. The van der Waals surface area contributed by atoms with Crippen LogP contribution in [0, 0.1) is 0 Å². The molecule has 1 saturated heterocycles. The number of aliphatic imine (C=N–C) groups is 1. The summed E-state index contributed by atoms with van der Waals surface area (Å²) in [5.74, 6) is -0.301. The highest BCUT2D eigenvalue weighted by molar-refractivity contribution is 5.98. The van der Waals surface area contributed by atoms with Crippen LogP contribution in [0.15, 0.2) is 53.5 Å². The molecule has 0 aliphatic carbocycles. The maximum atomic E-state index is 11.6. The molecule has 1 aliphatic rings. The smallest absolute Gasteiger partial charge is 0.276 e. The van der Waals surface area contributed by atoms with E-state index in [0.29, 0.717) is 5.56 Å². The molecule has 0 unspecified atom stereocenters. The first-order chi connectivity index (χ1) is 10.7. The first-order valence-corrected chi connectivity index (χ1v) is 7.39. The summed E-state index contributed by atoms with van der Waals surface area (Å²) >= 11 is 0. The van der Waals surface area contributed by atoms with Gasteiger partial charge >= 0.3 is 0 Å². The Balaban J connectivity index is 1.84. The maximum absolute atomic E-state index is 11.6. The number of benzene rings is 2. The van der Waals surface area contributed by atoms with E-state index in [-0.39, 0.29) is 11.9 Å². The van der Waals surface area contributed by atoms with Crippen molar-refractivity contribution in [3.8, 4) is 11.1 Å². The first-order valence-electron chi connectivity index (χ1n) is 7.39. The molecule has 2 N–H and O–H groups in total. The van der Waals surface area contributed by atoms with Crippen LogP contribution in [0.3, 0.4) is 0 Å². The Kier molecular flexibility index (Phi) is 4.02. The summed E-state index contributed by atoms with van der Waals surface area (Å²) in [6, 6.07) is 16.1. The van der Waals surface area contributed by atoms with E-state index in [9.17, 15) is 4.79 Å². The summed E-state index contributed by atoms with van der Waals surface area (Å²) in [7, 11) is 0. The Hall–Kier alpha value is -2.46. The summed E-state index contributed by atoms with van der Waals surface area (Å²) in [5, 5.41) is 0. The van der Waals surface area contributed by atoms with Gasteiger partial charge in [0.1, 0.15) is 0 Å². The normalized spacial score (nSPS) is 17.5. The van der Waals surface area contributed by atoms with Gasteiger partial charge in [-0.05, 0) is 48.5 Å². The molecule has 4 heteroatoms. The van der Waals surface area contributed by atoms with Crippen LogP contribution in [-0.4, -0.2) is 31.8 Å². The molecular weight excluding hydrogens is 274 g/mol. The minimum absolute atomic E-state index is 0.272. The van der Waals surface area contributed by atoms with Gasteiger partial charge in [0, 0.05) is 30.4 Å². The van der Waals surface area contributed by atoms with Crippen molar-refractivity contribution in [2.45, 2.75) is 12.5 Å². The fourth-order valence-corrected chi connectivity index (χ4v) is 2.81. The highest BCUT2D eigenvalue weighted by Crippen LogP contribution is 2.26. The van der Waals surface area contributed by atoms with Crippen molar-refractivity contribution < 1.29 is 4.79 Å². The second-order valence-corrected chi connectivity index (χ2v) is 5.59. The van der Waals surface area contributed by atoms with Gasteiger partial charge in [-0.3, -0.25) is 4.79 Å². The largest absolute Gasteiger partial charge is 0.370 e. The average Bonchev–Trinajstić information content (AvgIpc) is 3.01. The van der Waals surface area contributed by atoms with E-state index in [2.05, 4.69) is 40.9 Å². The highest BCUT2D eigenvalue weighted by atomic mass is 16.1. The van der Waals surface area contributed by atoms with Gasteiger partial charge in [0.2, 0.25) is 0 Å². The molecule has 1 fully saturated rings. The summed E-state index contributed by atoms with van der Waals surface area (Å²) in [4.78, 5) is 17.4.